The maximum Gasteiger partial charge on any atom is 0.264 e. The molecule has 0 fully saturated rings. The fourth-order valence-electron chi connectivity index (χ4n) is 3.14. The molecule has 2 aromatic carbocycles. The number of anilines is 1. The van der Waals surface area contributed by atoms with Gasteiger partial charge in [-0.15, -0.1) is 0 Å². The number of benzene rings is 2. The minimum atomic E-state index is -4.03. The summed E-state index contributed by atoms with van der Waals surface area (Å²) in [7, 11) is -4.03. The summed E-state index contributed by atoms with van der Waals surface area (Å²) in [5, 5.41) is 2.54. The zero-order valence-electron chi connectivity index (χ0n) is 16.7. The van der Waals surface area contributed by atoms with Crippen molar-refractivity contribution in [1.29, 1.82) is 0 Å². The maximum atomic E-state index is 13.9. The van der Waals surface area contributed by atoms with Crippen molar-refractivity contribution in [3.8, 4) is 0 Å². The molecule has 0 radical (unpaired) electrons. The molecule has 11 heteroatoms. The number of amides is 1. The fourth-order valence-corrected chi connectivity index (χ4v) is 5.11. The number of nitrogens with one attached hydrogen (secondary N) is 3. The summed E-state index contributed by atoms with van der Waals surface area (Å²) in [5.74, 6) is -2.11. The summed E-state index contributed by atoms with van der Waals surface area (Å²) < 4.78 is 60.2. The van der Waals surface area contributed by atoms with Crippen LogP contribution in [0.5, 0.6) is 0 Å². The van der Waals surface area contributed by atoms with E-state index in [2.05, 4.69) is 14.8 Å². The molecule has 0 aliphatic carbocycles. The van der Waals surface area contributed by atoms with Gasteiger partial charge in [-0.2, -0.15) is 0 Å². The summed E-state index contributed by atoms with van der Waals surface area (Å²) in [6.45, 7) is 1.57. The normalized spacial score (nSPS) is 14.9. The van der Waals surface area contributed by atoms with Gasteiger partial charge in [0.05, 0.1) is 29.1 Å². The van der Waals surface area contributed by atoms with Crippen LogP contribution in [0, 0.1) is 18.6 Å². The zero-order chi connectivity index (χ0) is 22.9. The lowest BCUT2D eigenvalue weighted by Crippen LogP contribution is -2.26. The summed E-state index contributed by atoms with van der Waals surface area (Å²) in [6.07, 6.45) is 6.36. The summed E-state index contributed by atoms with van der Waals surface area (Å²) in [5.41, 5.74) is 1.45. The van der Waals surface area contributed by atoms with Crippen LogP contribution in [0.15, 0.2) is 71.6 Å². The number of carbonyl (C=O) groups excluding carboxylic acids is 1. The lowest BCUT2D eigenvalue weighted by molar-refractivity contribution is 0.0951. The van der Waals surface area contributed by atoms with Crippen molar-refractivity contribution in [2.75, 3.05) is 4.72 Å². The second kappa shape index (κ2) is 8.67. The number of nitrogens with zero attached hydrogens (tertiary/aromatic N) is 1. The first-order valence-electron chi connectivity index (χ1n) is 9.41. The molecule has 0 saturated heterocycles. The van der Waals surface area contributed by atoms with Crippen molar-refractivity contribution in [3.63, 3.8) is 0 Å². The SMILES string of the molecule is Cc1ccc(C(=O)NCc2ccc(F)cc2F)c(NS(=O)(=O)C2=CC=CN3SNC=C23)c1. The fraction of sp³-hybridized carbons (Fsp3) is 0.0952. The van der Waals surface area contributed by atoms with Crippen molar-refractivity contribution in [2.45, 2.75) is 13.5 Å². The van der Waals surface area contributed by atoms with Crippen LogP contribution in [0.3, 0.4) is 0 Å². The molecular weight excluding hydrogens is 458 g/mol. The predicted molar refractivity (Wildman–Crippen MR) is 119 cm³/mol. The molecule has 0 bridgehead atoms. The van der Waals surface area contributed by atoms with Gasteiger partial charge in [0.2, 0.25) is 0 Å². The molecule has 32 heavy (non-hydrogen) atoms. The Hall–Kier alpha value is -3.31. The number of fused-ring (bicyclic) bond motifs is 1. The molecule has 0 spiro atoms. The summed E-state index contributed by atoms with van der Waals surface area (Å²) in [6, 6.07) is 7.74. The van der Waals surface area contributed by atoms with E-state index in [-0.39, 0.29) is 28.3 Å². The van der Waals surface area contributed by atoms with Crippen LogP contribution in [0.4, 0.5) is 14.5 Å². The third-order valence-corrected chi connectivity index (χ3v) is 6.86. The second-order valence-electron chi connectivity index (χ2n) is 7.01. The first-order chi connectivity index (χ1) is 15.2. The van der Waals surface area contributed by atoms with Gasteiger partial charge in [0.25, 0.3) is 15.9 Å². The molecule has 2 aliphatic heterocycles. The highest BCUT2D eigenvalue weighted by molar-refractivity contribution is 7.97. The highest BCUT2D eigenvalue weighted by Gasteiger charge is 2.30. The third-order valence-electron chi connectivity index (χ3n) is 4.71. The molecule has 3 N–H and O–H groups in total. The van der Waals surface area contributed by atoms with Crippen molar-refractivity contribution in [2.24, 2.45) is 0 Å². The molecule has 0 saturated carbocycles. The smallest absolute Gasteiger partial charge is 0.264 e. The summed E-state index contributed by atoms with van der Waals surface area (Å²) in [4.78, 5) is 12.8. The number of rotatable bonds is 6. The Morgan fingerprint density at radius 2 is 2.00 bits per heavy atom. The molecule has 0 atom stereocenters. The van der Waals surface area contributed by atoms with Crippen LogP contribution in [0.2, 0.25) is 0 Å². The monoisotopic (exact) mass is 476 g/mol. The van der Waals surface area contributed by atoms with Gasteiger partial charge in [0.15, 0.2) is 0 Å². The first-order valence-corrected chi connectivity index (χ1v) is 11.7. The van der Waals surface area contributed by atoms with Crippen LogP contribution in [-0.4, -0.2) is 18.6 Å². The number of hydrogen-bond donors (Lipinski definition) is 3. The van der Waals surface area contributed by atoms with E-state index in [4.69, 9.17) is 0 Å². The average molecular weight is 477 g/mol. The second-order valence-corrected chi connectivity index (χ2v) is 9.47. The first kappa shape index (κ1) is 21.9. The van der Waals surface area contributed by atoms with Crippen LogP contribution in [0.25, 0.3) is 0 Å². The number of carbonyl (C=O) groups is 1. The molecule has 7 nitrogen and oxygen atoms in total. The average Bonchev–Trinajstić information content (AvgIpc) is 3.21. The number of allylic oxidation sites excluding steroid dienone is 2. The van der Waals surface area contributed by atoms with Crippen LogP contribution in [-0.2, 0) is 16.6 Å². The highest BCUT2D eigenvalue weighted by Crippen LogP contribution is 2.34. The Labute approximate surface area is 188 Å². The summed E-state index contributed by atoms with van der Waals surface area (Å²) >= 11 is 1.22. The minimum Gasteiger partial charge on any atom is -0.348 e. The molecule has 4 rings (SSSR count). The van der Waals surface area contributed by atoms with E-state index in [1.54, 1.807) is 35.8 Å². The molecule has 166 valence electrons. The Kier molecular flexibility index (Phi) is 5.94. The zero-order valence-corrected chi connectivity index (χ0v) is 18.4. The van der Waals surface area contributed by atoms with Crippen molar-refractivity contribution in [3.05, 3.63) is 99.9 Å². The Bertz CT molecular complexity index is 1290. The quantitative estimate of drug-likeness (QED) is 0.552. The Morgan fingerprint density at radius 3 is 2.78 bits per heavy atom. The predicted octanol–water partition coefficient (Wildman–Crippen LogP) is 3.67. The lowest BCUT2D eigenvalue weighted by atomic mass is 10.1. The van der Waals surface area contributed by atoms with Crippen LogP contribution >= 0.6 is 12.1 Å². The number of aryl methyl sites for hydroxylation is 1. The van der Waals surface area contributed by atoms with Gasteiger partial charge in [0.1, 0.15) is 16.5 Å². The van der Waals surface area contributed by atoms with Gasteiger partial charge < -0.3 is 10.0 Å². The lowest BCUT2D eigenvalue weighted by Gasteiger charge is -2.21. The minimum absolute atomic E-state index is 0.0405. The largest absolute Gasteiger partial charge is 0.348 e. The molecule has 2 aromatic rings. The molecule has 0 unspecified atom stereocenters. The van der Waals surface area contributed by atoms with E-state index in [0.717, 1.165) is 17.7 Å². The van der Waals surface area contributed by atoms with E-state index >= 15 is 0 Å². The third kappa shape index (κ3) is 4.48. The van der Waals surface area contributed by atoms with Gasteiger partial charge in [-0.3, -0.25) is 13.8 Å². The number of sulfonamides is 1. The topological polar surface area (TPSA) is 90.5 Å². The maximum absolute atomic E-state index is 13.9. The van der Waals surface area contributed by atoms with Crippen molar-refractivity contribution in [1.82, 2.24) is 14.3 Å². The van der Waals surface area contributed by atoms with Gasteiger partial charge in [-0.05, 0) is 42.8 Å². The number of hydrogen-bond acceptors (Lipinski definition) is 6. The van der Waals surface area contributed by atoms with E-state index in [1.807, 2.05) is 0 Å². The van der Waals surface area contributed by atoms with E-state index in [1.165, 1.54) is 36.4 Å². The van der Waals surface area contributed by atoms with Crippen molar-refractivity contribution >= 4 is 33.8 Å². The molecule has 0 aromatic heterocycles. The number of halogens is 2. The van der Waals surface area contributed by atoms with Crippen LogP contribution in [0.1, 0.15) is 21.5 Å². The van der Waals surface area contributed by atoms with Gasteiger partial charge in [-0.1, -0.05) is 12.1 Å². The molecule has 2 aliphatic rings. The van der Waals surface area contributed by atoms with Crippen LogP contribution < -0.4 is 14.8 Å². The Morgan fingerprint density at radius 1 is 1.19 bits per heavy atom. The molecular formula is C21H18F2N4O3S2. The van der Waals surface area contributed by atoms with E-state index < -0.39 is 27.6 Å². The van der Waals surface area contributed by atoms with Crippen molar-refractivity contribution < 1.29 is 22.0 Å². The Balaban J connectivity index is 1.57. The van der Waals surface area contributed by atoms with Gasteiger partial charge >= 0.3 is 0 Å². The highest BCUT2D eigenvalue weighted by atomic mass is 32.2. The van der Waals surface area contributed by atoms with E-state index in [0.29, 0.717) is 5.70 Å². The van der Waals surface area contributed by atoms with Gasteiger partial charge in [0, 0.05) is 30.6 Å². The van der Waals surface area contributed by atoms with E-state index in [9.17, 15) is 22.0 Å². The standard InChI is InChI=1S/C21H18F2N4O3S2/c1-13-4-7-16(21(28)24-11-14-5-6-15(22)10-17(14)23)18(9-13)26-32(29,30)20-3-2-8-27-19(20)12-25-31-27/h2-10,12,25-26H,11H2,1H3,(H,24,28). The molecule has 1 amide bonds. The molecule has 2 heterocycles. The van der Waals surface area contributed by atoms with Gasteiger partial charge in [-0.25, -0.2) is 17.2 Å².